The number of carbonyl (C=O) groups excluding carboxylic acids is 2. The van der Waals surface area contributed by atoms with E-state index in [9.17, 15) is 14.0 Å². The molecule has 0 saturated carbocycles. The number of thiophene rings is 1. The third-order valence-electron chi connectivity index (χ3n) is 3.75. The first-order valence-corrected chi connectivity index (χ1v) is 9.61. The lowest BCUT2D eigenvalue weighted by atomic mass is 10.0. The molecule has 2 aromatic carbocycles. The minimum absolute atomic E-state index is 0.188. The van der Waals surface area contributed by atoms with Gasteiger partial charge in [-0.3, -0.25) is 5.32 Å². The second kappa shape index (κ2) is 8.86. The molecule has 0 spiro atoms. The highest BCUT2D eigenvalue weighted by Crippen LogP contribution is 2.36. The van der Waals surface area contributed by atoms with Gasteiger partial charge in [0.05, 0.1) is 6.61 Å². The summed E-state index contributed by atoms with van der Waals surface area (Å²) in [7, 11) is 0. The Morgan fingerprint density at radius 2 is 1.75 bits per heavy atom. The fraction of sp³-hybridized carbons (Fsp3) is 0.100. The highest BCUT2D eigenvalue weighted by Gasteiger charge is 2.23. The van der Waals surface area contributed by atoms with E-state index in [1.165, 1.54) is 23.5 Å². The van der Waals surface area contributed by atoms with Gasteiger partial charge in [0.2, 0.25) is 0 Å². The molecular formula is C20H16ClFN2O3S. The molecule has 0 aliphatic heterocycles. The number of esters is 1. The van der Waals surface area contributed by atoms with Gasteiger partial charge >= 0.3 is 12.0 Å². The number of ether oxygens (including phenoxy) is 1. The van der Waals surface area contributed by atoms with Crippen LogP contribution >= 0.6 is 22.9 Å². The van der Waals surface area contributed by atoms with E-state index in [2.05, 4.69) is 10.6 Å². The monoisotopic (exact) mass is 418 g/mol. The minimum Gasteiger partial charge on any atom is -0.462 e. The third-order valence-corrected chi connectivity index (χ3v) is 4.90. The molecule has 3 aromatic rings. The molecule has 0 atom stereocenters. The van der Waals surface area contributed by atoms with Gasteiger partial charge in [-0.1, -0.05) is 23.7 Å². The van der Waals surface area contributed by atoms with Crippen molar-refractivity contribution in [3.05, 3.63) is 70.3 Å². The number of nitrogens with one attached hydrogen (secondary N) is 2. The number of carbonyl (C=O) groups is 2. The third kappa shape index (κ3) is 4.68. The van der Waals surface area contributed by atoms with E-state index in [-0.39, 0.29) is 18.0 Å². The van der Waals surface area contributed by atoms with Crippen molar-refractivity contribution in [3.63, 3.8) is 0 Å². The molecule has 2 amide bonds. The van der Waals surface area contributed by atoms with Crippen LogP contribution in [-0.2, 0) is 4.74 Å². The van der Waals surface area contributed by atoms with Crippen molar-refractivity contribution < 1.29 is 18.7 Å². The Hall–Kier alpha value is -2.90. The molecule has 1 aromatic heterocycles. The summed E-state index contributed by atoms with van der Waals surface area (Å²) in [6.45, 7) is 1.89. The molecular weight excluding hydrogens is 403 g/mol. The first-order valence-electron chi connectivity index (χ1n) is 8.36. The van der Waals surface area contributed by atoms with Crippen molar-refractivity contribution in [1.82, 2.24) is 0 Å². The number of amides is 2. The molecule has 0 unspecified atom stereocenters. The van der Waals surface area contributed by atoms with Crippen LogP contribution in [0.2, 0.25) is 5.02 Å². The Balaban J connectivity index is 1.87. The number of halogens is 2. The highest BCUT2D eigenvalue weighted by molar-refractivity contribution is 7.15. The smallest absolute Gasteiger partial charge is 0.341 e. The van der Waals surface area contributed by atoms with Crippen molar-refractivity contribution in [3.8, 4) is 11.1 Å². The molecule has 1 heterocycles. The fourth-order valence-electron chi connectivity index (χ4n) is 2.50. The molecule has 0 saturated heterocycles. The van der Waals surface area contributed by atoms with E-state index in [1.807, 2.05) is 0 Å². The van der Waals surface area contributed by atoms with E-state index >= 15 is 0 Å². The Kier molecular flexibility index (Phi) is 6.28. The minimum atomic E-state index is -0.565. The summed E-state index contributed by atoms with van der Waals surface area (Å²) < 4.78 is 18.4. The van der Waals surface area contributed by atoms with Gasteiger partial charge in [0.15, 0.2) is 0 Å². The second-order valence-corrected chi connectivity index (χ2v) is 6.98. The quantitative estimate of drug-likeness (QED) is 0.497. The van der Waals surface area contributed by atoms with Gasteiger partial charge in [-0.15, -0.1) is 11.3 Å². The van der Waals surface area contributed by atoms with Gasteiger partial charge in [-0.2, -0.15) is 0 Å². The highest BCUT2D eigenvalue weighted by atomic mass is 35.5. The Bertz CT molecular complexity index is 988. The van der Waals surface area contributed by atoms with Gasteiger partial charge in [-0.05, 0) is 48.9 Å². The number of anilines is 2. The molecule has 0 bridgehead atoms. The Labute approximate surface area is 170 Å². The second-order valence-electron chi connectivity index (χ2n) is 5.67. The topological polar surface area (TPSA) is 67.4 Å². The van der Waals surface area contributed by atoms with Crippen LogP contribution in [0, 0.1) is 5.82 Å². The standard InChI is InChI=1S/C20H16ClFN2O3S/c1-2-27-19(25)17-16(12-3-7-14(22)8-4-12)11-28-18(17)24-20(26)23-15-9-5-13(21)6-10-15/h3-11H,2H2,1H3,(H2,23,24,26). The van der Waals surface area contributed by atoms with Crippen molar-refractivity contribution in [1.29, 1.82) is 0 Å². The Morgan fingerprint density at radius 1 is 1.07 bits per heavy atom. The summed E-state index contributed by atoms with van der Waals surface area (Å²) in [5.41, 5.74) is 1.98. The predicted molar refractivity (Wildman–Crippen MR) is 110 cm³/mol. The molecule has 144 valence electrons. The van der Waals surface area contributed by atoms with Crippen LogP contribution in [0.5, 0.6) is 0 Å². The summed E-state index contributed by atoms with van der Waals surface area (Å²) in [6.07, 6.45) is 0. The lowest BCUT2D eigenvalue weighted by molar-refractivity contribution is 0.0529. The normalized spacial score (nSPS) is 10.4. The molecule has 3 rings (SSSR count). The summed E-state index contributed by atoms with van der Waals surface area (Å²) in [5.74, 6) is -0.942. The number of benzene rings is 2. The number of hydrogen-bond acceptors (Lipinski definition) is 4. The zero-order valence-corrected chi connectivity index (χ0v) is 16.4. The molecule has 0 fully saturated rings. The first kappa shape index (κ1) is 19.9. The number of rotatable bonds is 5. The number of urea groups is 1. The maximum absolute atomic E-state index is 13.2. The maximum atomic E-state index is 13.2. The zero-order chi connectivity index (χ0) is 20.1. The van der Waals surface area contributed by atoms with E-state index in [4.69, 9.17) is 16.3 Å². The first-order chi connectivity index (χ1) is 13.5. The van der Waals surface area contributed by atoms with E-state index < -0.39 is 12.0 Å². The van der Waals surface area contributed by atoms with Crippen LogP contribution in [0.15, 0.2) is 53.9 Å². The molecule has 5 nitrogen and oxygen atoms in total. The van der Waals surface area contributed by atoms with Crippen LogP contribution in [0.25, 0.3) is 11.1 Å². The lowest BCUT2D eigenvalue weighted by Crippen LogP contribution is -2.20. The van der Waals surface area contributed by atoms with Crippen LogP contribution in [0.3, 0.4) is 0 Å². The van der Waals surface area contributed by atoms with Crippen molar-refractivity contribution in [2.24, 2.45) is 0 Å². The van der Waals surface area contributed by atoms with Gasteiger partial charge in [0, 0.05) is 21.7 Å². The number of hydrogen-bond donors (Lipinski definition) is 2. The molecule has 8 heteroatoms. The predicted octanol–water partition coefficient (Wildman–Crippen LogP) is 6.03. The van der Waals surface area contributed by atoms with Crippen molar-refractivity contribution in [2.45, 2.75) is 6.92 Å². The molecule has 28 heavy (non-hydrogen) atoms. The van der Waals surface area contributed by atoms with Crippen molar-refractivity contribution in [2.75, 3.05) is 17.2 Å². The van der Waals surface area contributed by atoms with Crippen LogP contribution in [0.4, 0.5) is 19.9 Å². The molecule has 0 radical (unpaired) electrons. The van der Waals surface area contributed by atoms with Gasteiger partial charge in [0.1, 0.15) is 16.4 Å². The van der Waals surface area contributed by atoms with Gasteiger partial charge < -0.3 is 10.1 Å². The summed E-state index contributed by atoms with van der Waals surface area (Å²) in [4.78, 5) is 24.8. The lowest BCUT2D eigenvalue weighted by Gasteiger charge is -2.10. The summed E-state index contributed by atoms with van der Waals surface area (Å²) >= 11 is 7.02. The SMILES string of the molecule is CCOC(=O)c1c(-c2ccc(F)cc2)csc1NC(=O)Nc1ccc(Cl)cc1. The maximum Gasteiger partial charge on any atom is 0.341 e. The zero-order valence-electron chi connectivity index (χ0n) is 14.8. The van der Waals surface area contributed by atoms with Gasteiger partial charge in [0.25, 0.3) is 0 Å². The van der Waals surface area contributed by atoms with E-state index in [1.54, 1.807) is 48.7 Å². The van der Waals surface area contributed by atoms with Crippen LogP contribution in [0.1, 0.15) is 17.3 Å². The van der Waals surface area contributed by atoms with Crippen LogP contribution in [-0.4, -0.2) is 18.6 Å². The molecule has 0 aliphatic carbocycles. The Morgan fingerprint density at radius 3 is 2.39 bits per heavy atom. The average molecular weight is 419 g/mol. The van der Waals surface area contributed by atoms with Crippen molar-refractivity contribution >= 4 is 45.6 Å². The fourth-order valence-corrected chi connectivity index (χ4v) is 3.57. The molecule has 0 aliphatic rings. The van der Waals surface area contributed by atoms with Gasteiger partial charge in [-0.25, -0.2) is 14.0 Å². The summed E-state index contributed by atoms with van der Waals surface area (Å²) in [5, 5.41) is 7.95. The average Bonchev–Trinajstić information content (AvgIpc) is 3.08. The van der Waals surface area contributed by atoms with Crippen LogP contribution < -0.4 is 10.6 Å². The summed E-state index contributed by atoms with van der Waals surface area (Å²) in [6, 6.07) is 11.9. The largest absolute Gasteiger partial charge is 0.462 e. The molecule has 2 N–H and O–H groups in total. The van der Waals surface area contributed by atoms with E-state index in [0.29, 0.717) is 26.8 Å². The van der Waals surface area contributed by atoms with E-state index in [0.717, 1.165) is 0 Å².